The van der Waals surface area contributed by atoms with Crippen molar-refractivity contribution in [3.8, 4) is 0 Å². The van der Waals surface area contributed by atoms with Gasteiger partial charge in [-0.3, -0.25) is 4.79 Å². The molecular formula is C26H37ClN4O. The molecule has 6 aliphatic rings. The zero-order valence-electron chi connectivity index (χ0n) is 19.4. The number of hydrogen-bond acceptors (Lipinski definition) is 4. The summed E-state index contributed by atoms with van der Waals surface area (Å²) in [6.45, 7) is 4.81. The minimum absolute atomic E-state index is 0.337. The third-order valence-corrected chi connectivity index (χ3v) is 9.52. The van der Waals surface area contributed by atoms with Crippen molar-refractivity contribution in [2.75, 3.05) is 24.5 Å². The molecule has 5 aliphatic carbocycles. The van der Waals surface area contributed by atoms with E-state index in [1.54, 1.807) is 0 Å². The predicted octanol–water partition coefficient (Wildman–Crippen LogP) is 5.11. The Morgan fingerprint density at radius 2 is 1.69 bits per heavy atom. The summed E-state index contributed by atoms with van der Waals surface area (Å²) in [7, 11) is 0. The summed E-state index contributed by atoms with van der Waals surface area (Å²) in [5, 5.41) is 0.337. The zero-order chi connectivity index (χ0) is 21.8. The van der Waals surface area contributed by atoms with Crippen molar-refractivity contribution in [2.45, 2.75) is 77.2 Å². The van der Waals surface area contributed by atoms with Gasteiger partial charge < -0.3 is 9.80 Å². The highest BCUT2D eigenvalue weighted by Gasteiger charge is 2.48. The summed E-state index contributed by atoms with van der Waals surface area (Å²) in [6, 6.07) is 2.50. The fourth-order valence-corrected chi connectivity index (χ4v) is 8.02. The highest BCUT2D eigenvalue weighted by molar-refractivity contribution is 6.28. The smallest absolute Gasteiger partial charge is 0.224 e. The molecule has 2 heterocycles. The zero-order valence-corrected chi connectivity index (χ0v) is 20.1. The van der Waals surface area contributed by atoms with Gasteiger partial charge in [0.05, 0.1) is 0 Å². The Balaban J connectivity index is 1.08. The number of aromatic nitrogens is 2. The Bertz CT molecular complexity index is 815. The number of carbonyl (C=O) groups excluding carboxylic acids is 1. The van der Waals surface area contributed by atoms with Crippen LogP contribution in [-0.2, 0) is 4.79 Å². The average Bonchev–Trinajstić information content (AvgIpc) is 3.58. The van der Waals surface area contributed by atoms with E-state index in [4.69, 9.17) is 11.6 Å². The lowest BCUT2D eigenvalue weighted by atomic mass is 9.51. The molecule has 32 heavy (non-hydrogen) atoms. The Kier molecular flexibility index (Phi) is 5.60. The first-order valence-corrected chi connectivity index (χ1v) is 13.4. The summed E-state index contributed by atoms with van der Waals surface area (Å²) in [5.74, 6) is 6.49. The topological polar surface area (TPSA) is 49.3 Å². The number of rotatable bonds is 6. The maximum atomic E-state index is 13.3. The normalized spacial score (nSPS) is 34.2. The van der Waals surface area contributed by atoms with Crippen LogP contribution in [0, 0.1) is 42.4 Å². The van der Waals surface area contributed by atoms with E-state index >= 15 is 0 Å². The van der Waals surface area contributed by atoms with E-state index in [-0.39, 0.29) is 0 Å². The van der Waals surface area contributed by atoms with Crippen molar-refractivity contribution in [3.05, 3.63) is 17.0 Å². The summed E-state index contributed by atoms with van der Waals surface area (Å²) in [4.78, 5) is 26.8. The maximum absolute atomic E-state index is 13.3. The molecule has 4 bridgehead atoms. The molecule has 0 N–H and O–H groups in total. The minimum atomic E-state index is 0.337. The van der Waals surface area contributed by atoms with Gasteiger partial charge in [-0.1, -0.05) is 0 Å². The Morgan fingerprint density at radius 3 is 2.28 bits per heavy atom. The highest BCUT2D eigenvalue weighted by atomic mass is 35.5. The lowest BCUT2D eigenvalue weighted by Crippen LogP contribution is -2.50. The first-order chi connectivity index (χ1) is 15.5. The molecule has 174 valence electrons. The van der Waals surface area contributed by atoms with Gasteiger partial charge in [0.15, 0.2) is 0 Å². The van der Waals surface area contributed by atoms with Gasteiger partial charge in [0.25, 0.3) is 0 Å². The molecule has 1 aromatic heterocycles. The standard InChI is InChI=1S/C26H37ClN4O/c1-16-8-24(29-26(27)28-16)31(15-17-2-3-17)22-4-6-30(7-5-22)25(32)14-23-20-10-18-9-19(12-20)13-21(23)11-18/h8,17-23H,2-7,9-15H2,1H3. The van der Waals surface area contributed by atoms with E-state index in [2.05, 4.69) is 25.8 Å². The van der Waals surface area contributed by atoms with Crippen molar-refractivity contribution in [2.24, 2.45) is 35.5 Å². The number of halogens is 1. The molecule has 0 spiro atoms. The minimum Gasteiger partial charge on any atom is -0.353 e. The quantitative estimate of drug-likeness (QED) is 0.558. The summed E-state index contributed by atoms with van der Waals surface area (Å²) >= 11 is 6.19. The molecule has 1 aromatic rings. The van der Waals surface area contributed by atoms with E-state index in [1.165, 1.54) is 44.9 Å². The van der Waals surface area contributed by atoms with E-state index < -0.39 is 0 Å². The van der Waals surface area contributed by atoms with E-state index in [0.717, 1.165) is 80.0 Å². The molecule has 6 fully saturated rings. The molecule has 0 unspecified atom stereocenters. The average molecular weight is 457 g/mol. The summed E-state index contributed by atoms with van der Waals surface area (Å²) < 4.78 is 0. The van der Waals surface area contributed by atoms with Gasteiger partial charge in [-0.25, -0.2) is 9.97 Å². The van der Waals surface area contributed by atoms with Crippen molar-refractivity contribution in [1.82, 2.24) is 14.9 Å². The third kappa shape index (κ3) is 4.26. The van der Waals surface area contributed by atoms with Crippen molar-refractivity contribution in [1.29, 1.82) is 0 Å². The number of aryl methyl sites for hydroxylation is 1. The molecule has 6 heteroatoms. The van der Waals surface area contributed by atoms with Gasteiger partial charge in [0, 0.05) is 43.9 Å². The van der Waals surface area contributed by atoms with Crippen LogP contribution >= 0.6 is 11.6 Å². The second-order valence-corrected chi connectivity index (χ2v) is 12.0. The second-order valence-electron chi connectivity index (χ2n) is 11.6. The Hall–Kier alpha value is -1.36. The second kappa shape index (κ2) is 8.45. The summed E-state index contributed by atoms with van der Waals surface area (Å²) in [6.07, 6.45) is 12.6. The first kappa shape index (κ1) is 21.2. The SMILES string of the molecule is Cc1cc(N(CC2CC2)C2CCN(C(=O)CC3C4CC5CC(C4)CC3C5)CC2)nc(Cl)n1. The number of amides is 1. The van der Waals surface area contributed by atoms with Gasteiger partial charge in [0.1, 0.15) is 5.82 Å². The van der Waals surface area contributed by atoms with Crippen LogP contribution < -0.4 is 4.90 Å². The fraction of sp³-hybridized carbons (Fsp3) is 0.808. The molecular weight excluding hydrogens is 420 g/mol. The Labute approximate surface area is 197 Å². The van der Waals surface area contributed by atoms with Crippen LogP contribution in [0.3, 0.4) is 0 Å². The number of piperidine rings is 1. The molecule has 0 atom stereocenters. The van der Waals surface area contributed by atoms with Gasteiger partial charge in [0.2, 0.25) is 11.2 Å². The first-order valence-electron chi connectivity index (χ1n) is 13.1. The van der Waals surface area contributed by atoms with Gasteiger partial charge in [-0.15, -0.1) is 0 Å². The molecule has 5 saturated carbocycles. The maximum Gasteiger partial charge on any atom is 0.224 e. The van der Waals surface area contributed by atoms with E-state index in [0.29, 0.717) is 23.2 Å². The molecule has 7 rings (SSSR count). The third-order valence-electron chi connectivity index (χ3n) is 9.35. The molecule has 1 saturated heterocycles. The molecule has 5 nitrogen and oxygen atoms in total. The van der Waals surface area contributed by atoms with E-state index in [1.807, 2.05) is 6.92 Å². The van der Waals surface area contributed by atoms with Gasteiger partial charge >= 0.3 is 0 Å². The summed E-state index contributed by atoms with van der Waals surface area (Å²) in [5.41, 5.74) is 0.920. The molecule has 0 radical (unpaired) electrons. The number of anilines is 1. The largest absolute Gasteiger partial charge is 0.353 e. The van der Waals surface area contributed by atoms with Crippen LogP contribution in [0.15, 0.2) is 6.07 Å². The number of nitrogens with zero attached hydrogens (tertiary/aromatic N) is 4. The lowest BCUT2D eigenvalue weighted by Gasteiger charge is -2.54. The molecule has 0 aromatic carbocycles. The molecule has 1 amide bonds. The van der Waals surface area contributed by atoms with Crippen LogP contribution in [0.25, 0.3) is 0 Å². The van der Waals surface area contributed by atoms with Gasteiger partial charge in [-0.05, 0) is 112 Å². The number of likely N-dealkylation sites (tertiary alicyclic amines) is 1. The fourth-order valence-electron chi connectivity index (χ4n) is 7.80. The molecule has 1 aliphatic heterocycles. The van der Waals surface area contributed by atoms with Crippen molar-refractivity contribution in [3.63, 3.8) is 0 Å². The highest BCUT2D eigenvalue weighted by Crippen LogP contribution is 2.57. The lowest BCUT2D eigenvalue weighted by molar-refractivity contribution is -0.137. The van der Waals surface area contributed by atoms with Crippen LogP contribution in [0.4, 0.5) is 5.82 Å². The monoisotopic (exact) mass is 456 g/mol. The Morgan fingerprint density at radius 1 is 1.03 bits per heavy atom. The number of hydrogen-bond donors (Lipinski definition) is 0. The van der Waals surface area contributed by atoms with Crippen molar-refractivity contribution >= 4 is 23.3 Å². The van der Waals surface area contributed by atoms with Gasteiger partial charge in [-0.2, -0.15) is 0 Å². The number of carbonyl (C=O) groups is 1. The predicted molar refractivity (Wildman–Crippen MR) is 127 cm³/mol. The van der Waals surface area contributed by atoms with Crippen LogP contribution in [-0.4, -0.2) is 46.5 Å². The van der Waals surface area contributed by atoms with Crippen LogP contribution in [0.2, 0.25) is 5.28 Å². The van der Waals surface area contributed by atoms with Crippen LogP contribution in [0.5, 0.6) is 0 Å². The van der Waals surface area contributed by atoms with Crippen LogP contribution in [0.1, 0.15) is 69.9 Å². The van der Waals surface area contributed by atoms with Crippen molar-refractivity contribution < 1.29 is 4.79 Å². The van der Waals surface area contributed by atoms with E-state index in [9.17, 15) is 4.79 Å².